The molecular formula is C3H6Br2O2. The van der Waals surface area contributed by atoms with E-state index in [2.05, 4.69) is 31.9 Å². The molecule has 0 spiro atoms. The number of hydrogen-bond acceptors (Lipinski definition) is 2. The second kappa shape index (κ2) is 6.88. The molecule has 4 heteroatoms. The third-order valence-electron chi connectivity index (χ3n) is 0.321. The molecule has 0 radical (unpaired) electrons. The Hall–Kier alpha value is 0.880. The standard InChI is InChI=1S/C3H6Br2O2/c4-1-6-3-7-2-5/h1-3H2. The SMILES string of the molecule is BrCOCOCBr. The van der Waals surface area contributed by atoms with Crippen LogP contribution in [0, 0.1) is 0 Å². The van der Waals surface area contributed by atoms with Crippen molar-refractivity contribution in [1.29, 1.82) is 0 Å². The molecule has 0 atom stereocenters. The minimum absolute atomic E-state index is 0.344. The Morgan fingerprint density at radius 1 is 1.00 bits per heavy atom. The summed E-state index contributed by atoms with van der Waals surface area (Å²) in [5, 5.41) is 0. The van der Waals surface area contributed by atoms with Crippen LogP contribution in [0.5, 0.6) is 0 Å². The van der Waals surface area contributed by atoms with Crippen LogP contribution in [0.1, 0.15) is 0 Å². The zero-order valence-corrected chi connectivity index (χ0v) is 6.87. The summed E-state index contributed by atoms with van der Waals surface area (Å²) in [5.74, 6) is 0. The zero-order chi connectivity index (χ0) is 5.54. The largest absolute Gasteiger partial charge is 0.344 e. The van der Waals surface area contributed by atoms with Gasteiger partial charge in [-0.2, -0.15) is 0 Å². The monoisotopic (exact) mass is 232 g/mol. The zero-order valence-electron chi connectivity index (χ0n) is 3.69. The number of ether oxygens (including phenoxy) is 2. The molecule has 0 aliphatic rings. The van der Waals surface area contributed by atoms with Gasteiger partial charge in [0, 0.05) is 0 Å². The first-order chi connectivity index (χ1) is 3.41. The van der Waals surface area contributed by atoms with Crippen LogP contribution in [0.2, 0.25) is 0 Å². The summed E-state index contributed by atoms with van der Waals surface area (Å²) < 4.78 is 9.48. The van der Waals surface area contributed by atoms with E-state index in [1.165, 1.54) is 0 Å². The molecule has 2 nitrogen and oxygen atoms in total. The molecule has 0 heterocycles. The molecule has 0 unspecified atom stereocenters. The normalized spacial score (nSPS) is 9.43. The number of alkyl halides is 2. The van der Waals surface area contributed by atoms with Gasteiger partial charge >= 0.3 is 0 Å². The third-order valence-corrected chi connectivity index (χ3v) is 0.968. The van der Waals surface area contributed by atoms with Crippen LogP contribution in [-0.4, -0.2) is 17.8 Å². The maximum Gasteiger partial charge on any atom is 0.149 e. The lowest BCUT2D eigenvalue weighted by Gasteiger charge is -1.95. The van der Waals surface area contributed by atoms with Crippen LogP contribution in [0.3, 0.4) is 0 Å². The van der Waals surface area contributed by atoms with Crippen LogP contribution < -0.4 is 0 Å². The van der Waals surface area contributed by atoms with Gasteiger partial charge in [0.2, 0.25) is 0 Å². The van der Waals surface area contributed by atoms with E-state index in [0.29, 0.717) is 17.8 Å². The van der Waals surface area contributed by atoms with Crippen molar-refractivity contribution in [2.45, 2.75) is 0 Å². The van der Waals surface area contributed by atoms with E-state index in [1.54, 1.807) is 0 Å². The van der Waals surface area contributed by atoms with Gasteiger partial charge < -0.3 is 9.47 Å². The number of halogens is 2. The molecule has 0 aliphatic heterocycles. The van der Waals surface area contributed by atoms with Crippen LogP contribution in [-0.2, 0) is 9.47 Å². The average molecular weight is 234 g/mol. The van der Waals surface area contributed by atoms with Gasteiger partial charge in [-0.3, -0.25) is 0 Å². The molecule has 0 fully saturated rings. The van der Waals surface area contributed by atoms with E-state index in [-0.39, 0.29) is 0 Å². The fourth-order valence-corrected chi connectivity index (χ4v) is 0.386. The van der Waals surface area contributed by atoms with Crippen molar-refractivity contribution in [1.82, 2.24) is 0 Å². The molecule has 0 saturated carbocycles. The molecule has 0 amide bonds. The van der Waals surface area contributed by atoms with Crippen LogP contribution in [0.25, 0.3) is 0 Å². The van der Waals surface area contributed by atoms with Gasteiger partial charge in [-0.15, -0.1) is 0 Å². The van der Waals surface area contributed by atoms with Crippen molar-refractivity contribution in [3.05, 3.63) is 0 Å². The number of rotatable bonds is 4. The van der Waals surface area contributed by atoms with E-state index in [1.807, 2.05) is 0 Å². The highest BCUT2D eigenvalue weighted by atomic mass is 79.9. The first-order valence-corrected chi connectivity index (χ1v) is 3.93. The summed E-state index contributed by atoms with van der Waals surface area (Å²) in [5.41, 5.74) is 1.06. The van der Waals surface area contributed by atoms with E-state index >= 15 is 0 Å². The second-order valence-corrected chi connectivity index (χ2v) is 1.66. The lowest BCUT2D eigenvalue weighted by atomic mass is 11.4. The Balaban J connectivity index is 2.45. The van der Waals surface area contributed by atoms with Gasteiger partial charge in [0.15, 0.2) is 0 Å². The molecule has 0 aromatic heterocycles. The Labute approximate surface area is 59.4 Å². The topological polar surface area (TPSA) is 18.5 Å². The van der Waals surface area contributed by atoms with Gasteiger partial charge in [0.25, 0.3) is 0 Å². The van der Waals surface area contributed by atoms with Crippen molar-refractivity contribution < 1.29 is 9.47 Å². The Morgan fingerprint density at radius 2 is 1.43 bits per heavy atom. The van der Waals surface area contributed by atoms with Gasteiger partial charge in [0.05, 0.1) is 0 Å². The molecule has 44 valence electrons. The first kappa shape index (κ1) is 7.88. The van der Waals surface area contributed by atoms with E-state index < -0.39 is 0 Å². The lowest BCUT2D eigenvalue weighted by molar-refractivity contribution is -0.0136. The van der Waals surface area contributed by atoms with Crippen molar-refractivity contribution in [2.75, 3.05) is 17.8 Å². The summed E-state index contributed by atoms with van der Waals surface area (Å²) in [7, 11) is 0. The van der Waals surface area contributed by atoms with Crippen molar-refractivity contribution in [3.8, 4) is 0 Å². The summed E-state index contributed by atoms with van der Waals surface area (Å²) in [6.07, 6.45) is 0. The first-order valence-electron chi connectivity index (χ1n) is 1.69. The predicted molar refractivity (Wildman–Crippen MR) is 34.6 cm³/mol. The van der Waals surface area contributed by atoms with Crippen LogP contribution >= 0.6 is 31.9 Å². The Bertz CT molecular complexity index is 30.1. The molecule has 0 saturated heterocycles. The van der Waals surface area contributed by atoms with Crippen molar-refractivity contribution in [3.63, 3.8) is 0 Å². The van der Waals surface area contributed by atoms with E-state index in [0.717, 1.165) is 0 Å². The number of hydrogen-bond donors (Lipinski definition) is 0. The van der Waals surface area contributed by atoms with Gasteiger partial charge in [-0.05, 0) is 0 Å². The summed E-state index contributed by atoms with van der Waals surface area (Å²) in [4.78, 5) is 0. The third kappa shape index (κ3) is 6.88. The average Bonchev–Trinajstić information content (AvgIpc) is 1.69. The molecule has 0 aromatic rings. The van der Waals surface area contributed by atoms with Crippen molar-refractivity contribution in [2.24, 2.45) is 0 Å². The quantitative estimate of drug-likeness (QED) is 0.418. The summed E-state index contributed by atoms with van der Waals surface area (Å²) in [6.45, 7) is 0.344. The summed E-state index contributed by atoms with van der Waals surface area (Å²) >= 11 is 6.12. The van der Waals surface area contributed by atoms with Crippen molar-refractivity contribution >= 4 is 31.9 Å². The smallest absolute Gasteiger partial charge is 0.149 e. The van der Waals surface area contributed by atoms with Gasteiger partial charge in [0.1, 0.15) is 17.8 Å². The summed E-state index contributed by atoms with van der Waals surface area (Å²) in [6, 6.07) is 0. The molecular weight excluding hydrogens is 228 g/mol. The van der Waals surface area contributed by atoms with Crippen LogP contribution in [0.4, 0.5) is 0 Å². The molecule has 7 heavy (non-hydrogen) atoms. The second-order valence-electron chi connectivity index (χ2n) is 0.744. The molecule has 0 aromatic carbocycles. The maximum atomic E-state index is 4.74. The maximum absolute atomic E-state index is 4.74. The molecule has 0 bridgehead atoms. The predicted octanol–water partition coefficient (Wildman–Crippen LogP) is 1.68. The lowest BCUT2D eigenvalue weighted by Crippen LogP contribution is -1.94. The Kier molecular flexibility index (Phi) is 7.74. The Morgan fingerprint density at radius 3 is 1.71 bits per heavy atom. The minimum Gasteiger partial charge on any atom is -0.344 e. The molecule has 0 aliphatic carbocycles. The van der Waals surface area contributed by atoms with E-state index in [9.17, 15) is 0 Å². The van der Waals surface area contributed by atoms with Gasteiger partial charge in [-0.1, -0.05) is 31.9 Å². The van der Waals surface area contributed by atoms with E-state index in [4.69, 9.17) is 9.47 Å². The minimum atomic E-state index is 0.344. The highest BCUT2D eigenvalue weighted by Gasteiger charge is 1.78. The fourth-order valence-electron chi connectivity index (χ4n) is 0.122. The fraction of sp³-hybridized carbons (Fsp3) is 1.00. The van der Waals surface area contributed by atoms with Crippen LogP contribution in [0.15, 0.2) is 0 Å². The highest BCUT2D eigenvalue weighted by molar-refractivity contribution is 9.09. The van der Waals surface area contributed by atoms with Gasteiger partial charge in [-0.25, -0.2) is 0 Å². The molecule has 0 N–H and O–H groups in total. The highest BCUT2D eigenvalue weighted by Crippen LogP contribution is 1.85. The molecule has 0 rings (SSSR count).